The van der Waals surface area contributed by atoms with E-state index in [0.717, 1.165) is 25.7 Å². The van der Waals surface area contributed by atoms with Gasteiger partial charge in [-0.2, -0.15) is 4.31 Å². The van der Waals surface area contributed by atoms with Crippen LogP contribution in [0, 0.1) is 5.92 Å². The highest BCUT2D eigenvalue weighted by atomic mass is 32.2. The first-order valence-electron chi connectivity index (χ1n) is 6.77. The zero-order valence-electron chi connectivity index (χ0n) is 11.3. The maximum Gasteiger partial charge on any atom is 0.214 e. The average molecular weight is 278 g/mol. The Morgan fingerprint density at radius 1 is 1.22 bits per heavy atom. The van der Waals surface area contributed by atoms with Crippen molar-refractivity contribution in [3.05, 3.63) is 0 Å². The highest BCUT2D eigenvalue weighted by Crippen LogP contribution is 2.25. The van der Waals surface area contributed by atoms with Gasteiger partial charge in [0.25, 0.3) is 0 Å². The lowest BCUT2D eigenvalue weighted by atomic mass is 9.91. The van der Waals surface area contributed by atoms with E-state index in [9.17, 15) is 8.42 Å². The van der Waals surface area contributed by atoms with Crippen LogP contribution in [0.1, 0.15) is 32.1 Å². The molecular formula is C12H26N2O3S. The molecule has 0 radical (unpaired) electrons. The molecule has 0 unspecified atom stereocenters. The molecule has 6 heteroatoms. The Labute approximate surface area is 111 Å². The Morgan fingerprint density at radius 3 is 2.44 bits per heavy atom. The first-order chi connectivity index (χ1) is 8.60. The Morgan fingerprint density at radius 2 is 1.89 bits per heavy atom. The van der Waals surface area contributed by atoms with Gasteiger partial charge in [-0.3, -0.25) is 0 Å². The van der Waals surface area contributed by atoms with Gasteiger partial charge < -0.3 is 10.5 Å². The molecule has 1 aliphatic carbocycles. The van der Waals surface area contributed by atoms with Gasteiger partial charge in [-0.25, -0.2) is 8.42 Å². The molecular weight excluding hydrogens is 252 g/mol. The second-order valence-electron chi connectivity index (χ2n) is 4.96. The number of nitrogens with two attached hydrogens (primary N) is 1. The molecule has 1 fully saturated rings. The molecule has 108 valence electrons. The third-order valence-corrected chi connectivity index (χ3v) is 5.53. The van der Waals surface area contributed by atoms with E-state index in [0.29, 0.717) is 32.2 Å². The molecule has 0 aromatic carbocycles. The summed E-state index contributed by atoms with van der Waals surface area (Å²) in [5.74, 6) is 0.600. The summed E-state index contributed by atoms with van der Waals surface area (Å²) in [4.78, 5) is 0. The molecule has 0 spiro atoms. The largest absolute Gasteiger partial charge is 0.383 e. The zero-order chi connectivity index (χ0) is 13.4. The number of hydrogen-bond acceptors (Lipinski definition) is 4. The molecule has 0 heterocycles. The van der Waals surface area contributed by atoms with E-state index < -0.39 is 10.0 Å². The van der Waals surface area contributed by atoms with Crippen molar-refractivity contribution in [2.24, 2.45) is 11.7 Å². The highest BCUT2D eigenvalue weighted by molar-refractivity contribution is 7.89. The number of rotatable bonds is 8. The van der Waals surface area contributed by atoms with E-state index in [1.165, 1.54) is 10.7 Å². The van der Waals surface area contributed by atoms with Gasteiger partial charge in [-0.15, -0.1) is 0 Å². The van der Waals surface area contributed by atoms with Gasteiger partial charge in [0.15, 0.2) is 0 Å². The van der Waals surface area contributed by atoms with Gasteiger partial charge in [-0.05, 0) is 18.8 Å². The smallest absolute Gasteiger partial charge is 0.214 e. The van der Waals surface area contributed by atoms with E-state index in [-0.39, 0.29) is 5.75 Å². The van der Waals surface area contributed by atoms with Gasteiger partial charge in [0.2, 0.25) is 10.0 Å². The molecule has 1 rings (SSSR count). The van der Waals surface area contributed by atoms with Crippen molar-refractivity contribution in [2.45, 2.75) is 32.1 Å². The highest BCUT2D eigenvalue weighted by Gasteiger charge is 2.26. The van der Waals surface area contributed by atoms with Crippen molar-refractivity contribution in [1.82, 2.24) is 4.31 Å². The minimum atomic E-state index is -3.18. The summed E-state index contributed by atoms with van der Waals surface area (Å²) in [6, 6.07) is 0. The second kappa shape index (κ2) is 8.09. The zero-order valence-corrected chi connectivity index (χ0v) is 12.1. The molecule has 18 heavy (non-hydrogen) atoms. The summed E-state index contributed by atoms with van der Waals surface area (Å²) in [6.07, 6.45) is 5.65. The van der Waals surface area contributed by atoms with Crippen molar-refractivity contribution in [3.8, 4) is 0 Å². The fourth-order valence-electron chi connectivity index (χ4n) is 2.48. The summed E-state index contributed by atoms with van der Waals surface area (Å²) in [5, 5.41) is 0. The van der Waals surface area contributed by atoms with Crippen molar-refractivity contribution >= 4 is 10.0 Å². The van der Waals surface area contributed by atoms with Gasteiger partial charge in [-0.1, -0.05) is 19.3 Å². The first-order valence-corrected chi connectivity index (χ1v) is 8.38. The summed E-state index contributed by atoms with van der Waals surface area (Å²) in [5.41, 5.74) is 5.48. The van der Waals surface area contributed by atoms with E-state index in [1.807, 2.05) is 0 Å². The van der Waals surface area contributed by atoms with Crippen LogP contribution in [0.15, 0.2) is 0 Å². The third-order valence-electron chi connectivity index (χ3n) is 3.49. The van der Waals surface area contributed by atoms with Crippen molar-refractivity contribution in [1.29, 1.82) is 0 Å². The molecule has 5 nitrogen and oxygen atoms in total. The van der Waals surface area contributed by atoms with Gasteiger partial charge >= 0.3 is 0 Å². The maximum atomic E-state index is 12.3. The van der Waals surface area contributed by atoms with E-state index in [1.54, 1.807) is 7.11 Å². The van der Waals surface area contributed by atoms with Gasteiger partial charge in [0.05, 0.1) is 12.4 Å². The van der Waals surface area contributed by atoms with Crippen LogP contribution < -0.4 is 5.73 Å². The van der Waals surface area contributed by atoms with E-state index in [2.05, 4.69) is 0 Å². The number of methoxy groups -OCH3 is 1. The maximum absolute atomic E-state index is 12.3. The van der Waals surface area contributed by atoms with Crippen molar-refractivity contribution in [2.75, 3.05) is 39.1 Å². The summed E-state index contributed by atoms with van der Waals surface area (Å²) in [6.45, 7) is 1.57. The van der Waals surface area contributed by atoms with Crippen molar-refractivity contribution in [3.63, 3.8) is 0 Å². The molecule has 0 bridgehead atoms. The third kappa shape index (κ3) is 5.22. The molecule has 0 aromatic heterocycles. The minimum absolute atomic E-state index is 0.275. The number of sulfonamides is 1. The van der Waals surface area contributed by atoms with Gasteiger partial charge in [0, 0.05) is 26.7 Å². The molecule has 0 atom stereocenters. The Hall–Kier alpha value is -0.170. The Kier molecular flexibility index (Phi) is 7.14. The summed E-state index contributed by atoms with van der Waals surface area (Å²) < 4.78 is 31.1. The van der Waals surface area contributed by atoms with Crippen LogP contribution in [0.2, 0.25) is 0 Å². The van der Waals surface area contributed by atoms with Crippen LogP contribution >= 0.6 is 0 Å². The fraction of sp³-hybridized carbons (Fsp3) is 1.00. The molecule has 0 aromatic rings. The van der Waals surface area contributed by atoms with Crippen LogP contribution in [0.5, 0.6) is 0 Å². The van der Waals surface area contributed by atoms with E-state index >= 15 is 0 Å². The monoisotopic (exact) mass is 278 g/mol. The normalized spacial score (nSPS) is 18.4. The minimum Gasteiger partial charge on any atom is -0.383 e. The number of nitrogens with zero attached hydrogens (tertiary/aromatic N) is 1. The van der Waals surface area contributed by atoms with Crippen LogP contribution in [-0.4, -0.2) is 51.8 Å². The number of hydrogen-bond donors (Lipinski definition) is 1. The SMILES string of the molecule is COCCN(CCN)S(=O)(=O)CC1CCCCC1. The lowest BCUT2D eigenvalue weighted by molar-refractivity contribution is 0.179. The van der Waals surface area contributed by atoms with Gasteiger partial charge in [0.1, 0.15) is 0 Å². The molecule has 2 N–H and O–H groups in total. The van der Waals surface area contributed by atoms with Crippen LogP contribution in [0.4, 0.5) is 0 Å². The fourth-order valence-corrected chi connectivity index (χ4v) is 4.36. The Balaban J connectivity index is 2.55. The molecule has 0 saturated heterocycles. The second-order valence-corrected chi connectivity index (χ2v) is 6.98. The van der Waals surface area contributed by atoms with E-state index in [4.69, 9.17) is 10.5 Å². The molecule has 1 saturated carbocycles. The lowest BCUT2D eigenvalue weighted by Crippen LogP contribution is -2.40. The average Bonchev–Trinajstić information content (AvgIpc) is 2.35. The van der Waals surface area contributed by atoms with Crippen LogP contribution in [0.3, 0.4) is 0 Å². The summed E-state index contributed by atoms with van der Waals surface area (Å²) in [7, 11) is -1.61. The molecule has 1 aliphatic rings. The summed E-state index contributed by atoms with van der Waals surface area (Å²) >= 11 is 0. The quantitative estimate of drug-likeness (QED) is 0.713. The topological polar surface area (TPSA) is 72.6 Å². The Bertz CT molecular complexity index is 313. The first kappa shape index (κ1) is 15.9. The molecule has 0 aliphatic heterocycles. The number of ether oxygens (including phenoxy) is 1. The standard InChI is InChI=1S/C12H26N2O3S/c1-17-10-9-14(8-7-13)18(15,16)11-12-5-3-2-4-6-12/h12H,2-11,13H2,1H3. The van der Waals surface area contributed by atoms with Crippen molar-refractivity contribution < 1.29 is 13.2 Å². The predicted octanol–water partition coefficient (Wildman–Crippen LogP) is 0.804. The predicted molar refractivity (Wildman–Crippen MR) is 72.9 cm³/mol. The van der Waals surface area contributed by atoms with Crippen LogP contribution in [0.25, 0.3) is 0 Å². The van der Waals surface area contributed by atoms with Crippen LogP contribution in [-0.2, 0) is 14.8 Å². The lowest BCUT2D eigenvalue weighted by Gasteiger charge is -2.26. The molecule has 0 amide bonds.